The van der Waals surface area contributed by atoms with Crippen LogP contribution < -0.4 is 10.5 Å². The van der Waals surface area contributed by atoms with E-state index in [9.17, 15) is 9.59 Å². The molecule has 0 saturated carbocycles. The van der Waals surface area contributed by atoms with Crippen LogP contribution in [0.15, 0.2) is 65.5 Å². The topological polar surface area (TPSA) is 45.6 Å². The second-order valence-electron chi connectivity index (χ2n) is 9.38. The highest BCUT2D eigenvalue weighted by Gasteiger charge is 2.38. The number of aromatic nitrogens is 1. The fourth-order valence-electron chi connectivity index (χ4n) is 5.64. The highest BCUT2D eigenvalue weighted by Crippen LogP contribution is 2.41. The lowest BCUT2D eigenvalue weighted by molar-refractivity contribution is -0.113. The van der Waals surface area contributed by atoms with Gasteiger partial charge in [-0.2, -0.15) is 0 Å². The first-order valence-electron chi connectivity index (χ1n) is 11.5. The molecule has 1 aromatic heterocycles. The molecular formula is C27H23Cl2N3O2. The first kappa shape index (κ1) is 21.7. The Morgan fingerprint density at radius 2 is 1.71 bits per heavy atom. The van der Waals surface area contributed by atoms with Gasteiger partial charge >= 0.3 is 0 Å². The molecule has 1 fully saturated rings. The molecule has 7 heteroatoms. The zero-order valence-electron chi connectivity index (χ0n) is 18.5. The van der Waals surface area contributed by atoms with E-state index in [4.69, 9.17) is 23.2 Å². The number of amides is 1. The molecule has 172 valence electrons. The number of carbonyl (C=O) groups is 1. The number of benzene rings is 2. The van der Waals surface area contributed by atoms with Crippen molar-refractivity contribution in [2.75, 3.05) is 24.7 Å². The second-order valence-corrected chi connectivity index (χ2v) is 10.3. The van der Waals surface area contributed by atoms with Crippen molar-refractivity contribution >= 4 is 46.4 Å². The Bertz CT molecular complexity index is 1380. The summed E-state index contributed by atoms with van der Waals surface area (Å²) in [6.07, 6.45) is 3.00. The number of halogens is 2. The van der Waals surface area contributed by atoms with Crippen molar-refractivity contribution in [2.45, 2.75) is 18.9 Å². The van der Waals surface area contributed by atoms with Gasteiger partial charge in [0.25, 0.3) is 11.5 Å². The highest BCUT2D eigenvalue weighted by molar-refractivity contribution is 6.37. The van der Waals surface area contributed by atoms with Crippen molar-refractivity contribution in [2.24, 2.45) is 5.92 Å². The lowest BCUT2D eigenvalue weighted by atomic mass is 9.83. The van der Waals surface area contributed by atoms with E-state index in [0.29, 0.717) is 34.1 Å². The van der Waals surface area contributed by atoms with Crippen molar-refractivity contribution in [3.63, 3.8) is 0 Å². The number of hydrogen-bond donors (Lipinski definition) is 0. The predicted molar refractivity (Wildman–Crippen MR) is 136 cm³/mol. The number of nitrogens with zero attached hydrogens (tertiary/aromatic N) is 3. The summed E-state index contributed by atoms with van der Waals surface area (Å²) < 4.78 is 1.93. The Kier molecular flexibility index (Phi) is 5.36. The van der Waals surface area contributed by atoms with E-state index in [2.05, 4.69) is 11.0 Å². The van der Waals surface area contributed by atoms with Gasteiger partial charge < -0.3 is 4.57 Å². The molecule has 3 aromatic rings. The van der Waals surface area contributed by atoms with Crippen LogP contribution in [-0.4, -0.2) is 35.1 Å². The first-order valence-corrected chi connectivity index (χ1v) is 12.2. The standard InChI is InChI=1S/C27H23Cl2N3O2/c28-20-6-4-17(5-7-20)11-23-22-9-8-21(29)12-25(22)32(27(23)34)16-30-13-18-10-19(15-30)24-2-1-3-26(33)31(24)14-18/h1-9,11-12,18-19H,10,13-16H2/b23-11-/t18-,19?/m0/s1. The van der Waals surface area contributed by atoms with Gasteiger partial charge in [-0.25, -0.2) is 0 Å². The molecule has 2 bridgehead atoms. The van der Waals surface area contributed by atoms with Crippen molar-refractivity contribution in [3.8, 4) is 0 Å². The van der Waals surface area contributed by atoms with Crippen LogP contribution in [0.25, 0.3) is 11.6 Å². The van der Waals surface area contributed by atoms with E-state index in [1.165, 1.54) is 0 Å². The minimum atomic E-state index is -0.0282. The summed E-state index contributed by atoms with van der Waals surface area (Å²) in [5, 5.41) is 1.27. The molecule has 2 atom stereocenters. The molecule has 0 N–H and O–H groups in total. The SMILES string of the molecule is O=C1/C(=C\c2ccc(Cl)cc2)c2ccc(Cl)cc2N1CN1CC2C[C@@H](C1)Cn1c2cccc1=O. The molecule has 3 aliphatic heterocycles. The number of rotatable bonds is 3. The second kappa shape index (κ2) is 8.42. The maximum Gasteiger partial charge on any atom is 0.260 e. The van der Waals surface area contributed by atoms with Crippen LogP contribution in [0.5, 0.6) is 0 Å². The Morgan fingerprint density at radius 1 is 0.912 bits per heavy atom. The normalized spacial score (nSPS) is 22.7. The first-order chi connectivity index (χ1) is 16.5. The van der Waals surface area contributed by atoms with Gasteiger partial charge in [0.05, 0.1) is 12.4 Å². The van der Waals surface area contributed by atoms with Crippen molar-refractivity contribution < 1.29 is 4.79 Å². The lowest BCUT2D eigenvalue weighted by Gasteiger charge is -2.43. The van der Waals surface area contributed by atoms with Crippen LogP contribution in [0.3, 0.4) is 0 Å². The van der Waals surface area contributed by atoms with Crippen LogP contribution in [0.2, 0.25) is 10.0 Å². The molecule has 4 heterocycles. The van der Waals surface area contributed by atoms with E-state index < -0.39 is 0 Å². The maximum atomic E-state index is 13.6. The number of likely N-dealkylation sites (tertiary alicyclic amines) is 1. The van der Waals surface area contributed by atoms with Crippen molar-refractivity contribution in [1.82, 2.24) is 9.47 Å². The molecule has 34 heavy (non-hydrogen) atoms. The third-order valence-electron chi connectivity index (χ3n) is 7.09. The minimum absolute atomic E-state index is 0.0282. The summed E-state index contributed by atoms with van der Waals surface area (Å²) >= 11 is 12.4. The van der Waals surface area contributed by atoms with Gasteiger partial charge in [-0.3, -0.25) is 19.4 Å². The molecule has 6 rings (SSSR count). The van der Waals surface area contributed by atoms with Crippen LogP contribution in [0, 0.1) is 5.92 Å². The van der Waals surface area contributed by atoms with Crippen LogP contribution in [0.1, 0.15) is 29.2 Å². The fourth-order valence-corrected chi connectivity index (χ4v) is 5.93. The summed E-state index contributed by atoms with van der Waals surface area (Å²) in [6, 6.07) is 18.6. The van der Waals surface area contributed by atoms with Gasteiger partial charge in [-0.05, 0) is 54.3 Å². The van der Waals surface area contributed by atoms with Crippen LogP contribution in [0.4, 0.5) is 5.69 Å². The third-order valence-corrected chi connectivity index (χ3v) is 7.58. The number of pyridine rings is 1. The summed E-state index contributed by atoms with van der Waals surface area (Å²) in [7, 11) is 0. The van der Waals surface area contributed by atoms with E-state index in [0.717, 1.165) is 48.6 Å². The summed E-state index contributed by atoms with van der Waals surface area (Å²) in [5.41, 5.74) is 4.49. The van der Waals surface area contributed by atoms with E-state index in [-0.39, 0.29) is 11.5 Å². The Balaban J connectivity index is 1.31. The van der Waals surface area contributed by atoms with E-state index >= 15 is 0 Å². The fraction of sp³-hybridized carbons (Fsp3) is 0.259. The molecule has 2 aromatic carbocycles. The largest absolute Gasteiger partial charge is 0.312 e. The van der Waals surface area contributed by atoms with Crippen LogP contribution >= 0.6 is 23.2 Å². The van der Waals surface area contributed by atoms with Crippen LogP contribution in [-0.2, 0) is 11.3 Å². The summed E-state index contributed by atoms with van der Waals surface area (Å²) in [4.78, 5) is 30.1. The minimum Gasteiger partial charge on any atom is -0.312 e. The van der Waals surface area contributed by atoms with Gasteiger partial charge in [0, 0.05) is 58.5 Å². The molecule has 3 aliphatic rings. The molecule has 0 aliphatic carbocycles. The molecule has 0 radical (unpaired) electrons. The Hall–Kier alpha value is -2.86. The zero-order chi connectivity index (χ0) is 23.4. The zero-order valence-corrected chi connectivity index (χ0v) is 20.0. The predicted octanol–water partition coefficient (Wildman–Crippen LogP) is 5.12. The Morgan fingerprint density at radius 3 is 2.53 bits per heavy atom. The van der Waals surface area contributed by atoms with Crippen molar-refractivity contribution in [1.29, 1.82) is 0 Å². The highest BCUT2D eigenvalue weighted by atomic mass is 35.5. The quantitative estimate of drug-likeness (QED) is 0.477. The van der Waals surface area contributed by atoms with Gasteiger partial charge in [-0.15, -0.1) is 0 Å². The average Bonchev–Trinajstić information content (AvgIpc) is 3.06. The van der Waals surface area contributed by atoms with Crippen molar-refractivity contribution in [3.05, 3.63) is 97.9 Å². The van der Waals surface area contributed by atoms with Gasteiger partial charge in [-0.1, -0.05) is 47.5 Å². The van der Waals surface area contributed by atoms with E-state index in [1.807, 2.05) is 64.1 Å². The maximum absolute atomic E-state index is 13.6. The number of hydrogen-bond acceptors (Lipinski definition) is 3. The average molecular weight is 492 g/mol. The molecule has 0 spiro atoms. The lowest BCUT2D eigenvalue weighted by Crippen LogP contribution is -2.50. The van der Waals surface area contributed by atoms with Gasteiger partial charge in [0.15, 0.2) is 0 Å². The van der Waals surface area contributed by atoms with Gasteiger partial charge in [0.1, 0.15) is 0 Å². The molecule has 1 saturated heterocycles. The number of carbonyl (C=O) groups excluding carboxylic acids is 1. The smallest absolute Gasteiger partial charge is 0.260 e. The molecular weight excluding hydrogens is 469 g/mol. The molecule has 1 amide bonds. The monoisotopic (exact) mass is 491 g/mol. The summed E-state index contributed by atoms with van der Waals surface area (Å²) in [5.74, 6) is 0.661. The number of fused-ring (bicyclic) bond motifs is 5. The molecule has 1 unspecified atom stereocenters. The number of anilines is 1. The third kappa shape index (κ3) is 3.78. The Labute approximate surface area is 207 Å². The van der Waals surface area contributed by atoms with E-state index in [1.54, 1.807) is 6.07 Å². The molecule has 5 nitrogen and oxygen atoms in total. The van der Waals surface area contributed by atoms with Gasteiger partial charge in [0.2, 0.25) is 0 Å². The number of piperidine rings is 1. The summed E-state index contributed by atoms with van der Waals surface area (Å²) in [6.45, 7) is 2.90.